The first-order valence-corrected chi connectivity index (χ1v) is 15.3. The molecule has 43 heavy (non-hydrogen) atoms. The van der Waals surface area contributed by atoms with E-state index in [4.69, 9.17) is 14.2 Å². The molecule has 0 heterocycles. The second-order valence-corrected chi connectivity index (χ2v) is 12.8. The third kappa shape index (κ3) is 8.41. The molecule has 0 bridgehead atoms. The molecule has 11 heteroatoms. The van der Waals surface area contributed by atoms with Crippen molar-refractivity contribution in [2.75, 3.05) is 32.2 Å². The Bertz CT molecular complexity index is 1490. The van der Waals surface area contributed by atoms with E-state index in [2.05, 4.69) is 5.32 Å². The molecule has 0 radical (unpaired) electrons. The SMILES string of the molecule is CCC(C(=O)NC(C)(C)C)N(Cc1ccc(OC)cc1)C(=O)CN(c1cc(OC)ccc1OC)S(=O)(=O)c1ccccc1. The molecule has 0 spiro atoms. The number of carbonyl (C=O) groups excluding carboxylic acids is 2. The van der Waals surface area contributed by atoms with E-state index in [-0.39, 0.29) is 28.8 Å². The highest BCUT2D eigenvalue weighted by Gasteiger charge is 2.35. The summed E-state index contributed by atoms with van der Waals surface area (Å²) < 4.78 is 45.4. The summed E-state index contributed by atoms with van der Waals surface area (Å²) in [6.45, 7) is 6.85. The molecular weight excluding hydrogens is 570 g/mol. The number of nitrogens with zero attached hydrogens (tertiary/aromatic N) is 2. The number of anilines is 1. The predicted octanol–water partition coefficient (Wildman–Crippen LogP) is 4.63. The van der Waals surface area contributed by atoms with Crippen molar-refractivity contribution in [2.45, 2.75) is 57.1 Å². The lowest BCUT2D eigenvalue weighted by Crippen LogP contribution is -2.55. The van der Waals surface area contributed by atoms with Crippen LogP contribution in [0.2, 0.25) is 0 Å². The first-order valence-electron chi connectivity index (χ1n) is 13.9. The average Bonchev–Trinajstić information content (AvgIpc) is 2.99. The number of ether oxygens (including phenoxy) is 3. The first-order chi connectivity index (χ1) is 20.3. The van der Waals surface area contributed by atoms with Crippen molar-refractivity contribution >= 4 is 27.5 Å². The lowest BCUT2D eigenvalue weighted by atomic mass is 10.1. The molecule has 1 atom stereocenters. The molecule has 1 unspecified atom stereocenters. The fraction of sp³-hybridized carbons (Fsp3) is 0.375. The molecule has 0 saturated carbocycles. The van der Waals surface area contributed by atoms with Gasteiger partial charge in [-0.15, -0.1) is 0 Å². The Hall–Kier alpha value is -4.25. The number of rotatable bonds is 13. The molecule has 2 amide bonds. The lowest BCUT2D eigenvalue weighted by molar-refractivity contribution is -0.141. The van der Waals surface area contributed by atoms with Crippen LogP contribution in [-0.2, 0) is 26.2 Å². The quantitative estimate of drug-likeness (QED) is 0.300. The smallest absolute Gasteiger partial charge is 0.264 e. The fourth-order valence-electron chi connectivity index (χ4n) is 4.52. The summed E-state index contributed by atoms with van der Waals surface area (Å²) in [6.07, 6.45) is 0.303. The number of hydrogen-bond donors (Lipinski definition) is 1. The van der Waals surface area contributed by atoms with Crippen molar-refractivity contribution < 1.29 is 32.2 Å². The van der Waals surface area contributed by atoms with Gasteiger partial charge in [0.1, 0.15) is 29.8 Å². The zero-order valence-corrected chi connectivity index (χ0v) is 26.6. The second kappa shape index (κ2) is 14.3. The number of amides is 2. The summed E-state index contributed by atoms with van der Waals surface area (Å²) in [7, 11) is 0.167. The van der Waals surface area contributed by atoms with Crippen LogP contribution in [0.25, 0.3) is 0 Å². The zero-order valence-electron chi connectivity index (χ0n) is 25.8. The van der Waals surface area contributed by atoms with Gasteiger partial charge < -0.3 is 24.4 Å². The third-order valence-electron chi connectivity index (χ3n) is 6.66. The minimum absolute atomic E-state index is 0.00751. The van der Waals surface area contributed by atoms with Crippen LogP contribution >= 0.6 is 0 Å². The first kappa shape index (κ1) is 33.3. The van der Waals surface area contributed by atoms with Gasteiger partial charge in [-0.25, -0.2) is 8.42 Å². The number of sulfonamides is 1. The van der Waals surface area contributed by atoms with Crippen molar-refractivity contribution in [3.63, 3.8) is 0 Å². The molecule has 3 rings (SSSR count). The van der Waals surface area contributed by atoms with Gasteiger partial charge in [0.15, 0.2) is 0 Å². The van der Waals surface area contributed by atoms with Crippen molar-refractivity contribution in [3.05, 3.63) is 78.4 Å². The maximum atomic E-state index is 14.3. The topological polar surface area (TPSA) is 114 Å². The van der Waals surface area contributed by atoms with Gasteiger partial charge in [-0.1, -0.05) is 37.3 Å². The van der Waals surface area contributed by atoms with E-state index in [1.54, 1.807) is 61.7 Å². The van der Waals surface area contributed by atoms with Crippen LogP contribution in [0.4, 0.5) is 5.69 Å². The molecule has 0 aliphatic rings. The summed E-state index contributed by atoms with van der Waals surface area (Å²) >= 11 is 0. The Kier molecular flexibility index (Phi) is 11.0. The van der Waals surface area contributed by atoms with Gasteiger partial charge in [0.05, 0.1) is 31.9 Å². The summed E-state index contributed by atoms with van der Waals surface area (Å²) in [4.78, 5) is 29.2. The Labute approximate surface area is 254 Å². The van der Waals surface area contributed by atoms with Crippen LogP contribution in [-0.4, -0.2) is 64.6 Å². The normalized spacial score (nSPS) is 12.2. The van der Waals surface area contributed by atoms with E-state index in [1.807, 2.05) is 27.7 Å². The maximum Gasteiger partial charge on any atom is 0.264 e. The monoisotopic (exact) mass is 611 g/mol. The number of hydrogen-bond acceptors (Lipinski definition) is 7. The van der Waals surface area contributed by atoms with E-state index in [0.29, 0.717) is 17.9 Å². The van der Waals surface area contributed by atoms with Crippen LogP contribution in [0.5, 0.6) is 17.2 Å². The molecule has 0 aliphatic heterocycles. The van der Waals surface area contributed by atoms with Crippen LogP contribution < -0.4 is 23.8 Å². The molecule has 0 aromatic heterocycles. The van der Waals surface area contributed by atoms with Gasteiger partial charge in [-0.2, -0.15) is 0 Å². The van der Waals surface area contributed by atoms with Crippen molar-refractivity contribution in [1.29, 1.82) is 0 Å². The average molecular weight is 612 g/mol. The minimum atomic E-state index is -4.27. The molecule has 0 aliphatic carbocycles. The van der Waals surface area contributed by atoms with Crippen LogP contribution in [0, 0.1) is 0 Å². The number of nitrogens with one attached hydrogen (secondary N) is 1. The van der Waals surface area contributed by atoms with E-state index >= 15 is 0 Å². The van der Waals surface area contributed by atoms with Gasteiger partial charge in [-0.3, -0.25) is 13.9 Å². The second-order valence-electron chi connectivity index (χ2n) is 10.9. The molecule has 1 N–H and O–H groups in total. The van der Waals surface area contributed by atoms with E-state index in [9.17, 15) is 18.0 Å². The van der Waals surface area contributed by atoms with Crippen molar-refractivity contribution in [3.8, 4) is 17.2 Å². The Balaban J connectivity index is 2.14. The molecule has 10 nitrogen and oxygen atoms in total. The molecule has 3 aromatic carbocycles. The van der Waals surface area contributed by atoms with Gasteiger partial charge in [0.25, 0.3) is 10.0 Å². The maximum absolute atomic E-state index is 14.3. The Morgan fingerprint density at radius 3 is 2.00 bits per heavy atom. The fourth-order valence-corrected chi connectivity index (χ4v) is 5.96. The predicted molar refractivity (Wildman–Crippen MR) is 166 cm³/mol. The van der Waals surface area contributed by atoms with Crippen LogP contribution in [0.1, 0.15) is 39.7 Å². The molecule has 3 aromatic rings. The Morgan fingerprint density at radius 2 is 1.47 bits per heavy atom. The summed E-state index contributed by atoms with van der Waals surface area (Å²) in [6, 6.07) is 18.8. The molecular formula is C32H41N3O7S. The van der Waals surface area contributed by atoms with Gasteiger partial charge in [-0.05, 0) is 69.2 Å². The number of benzene rings is 3. The van der Waals surface area contributed by atoms with Gasteiger partial charge >= 0.3 is 0 Å². The summed E-state index contributed by atoms with van der Waals surface area (Å²) in [5, 5.41) is 2.96. The van der Waals surface area contributed by atoms with Crippen molar-refractivity contribution in [1.82, 2.24) is 10.2 Å². The van der Waals surface area contributed by atoms with Crippen molar-refractivity contribution in [2.24, 2.45) is 0 Å². The van der Waals surface area contributed by atoms with E-state index in [1.165, 1.54) is 37.3 Å². The van der Waals surface area contributed by atoms with Gasteiger partial charge in [0.2, 0.25) is 11.8 Å². The highest BCUT2D eigenvalue weighted by molar-refractivity contribution is 7.92. The highest BCUT2D eigenvalue weighted by atomic mass is 32.2. The largest absolute Gasteiger partial charge is 0.497 e. The van der Waals surface area contributed by atoms with E-state index < -0.39 is 34.1 Å². The number of carbonyl (C=O) groups is 2. The summed E-state index contributed by atoms with van der Waals surface area (Å²) in [5.74, 6) is 0.337. The Morgan fingerprint density at radius 1 is 0.860 bits per heavy atom. The summed E-state index contributed by atoms with van der Waals surface area (Å²) in [5.41, 5.74) is 0.318. The van der Waals surface area contributed by atoms with Crippen LogP contribution in [0.15, 0.2) is 77.7 Å². The van der Waals surface area contributed by atoms with Gasteiger partial charge in [0, 0.05) is 18.2 Å². The molecule has 0 fully saturated rings. The third-order valence-corrected chi connectivity index (χ3v) is 8.43. The number of methoxy groups -OCH3 is 3. The zero-order chi connectivity index (χ0) is 31.8. The minimum Gasteiger partial charge on any atom is -0.497 e. The molecule has 0 saturated heterocycles. The van der Waals surface area contributed by atoms with Crippen LogP contribution in [0.3, 0.4) is 0 Å². The van der Waals surface area contributed by atoms with E-state index in [0.717, 1.165) is 9.87 Å². The lowest BCUT2D eigenvalue weighted by Gasteiger charge is -2.35. The highest BCUT2D eigenvalue weighted by Crippen LogP contribution is 2.36. The molecule has 232 valence electrons. The standard InChI is InChI=1S/C32H41N3O7S/c1-8-27(31(37)33-32(2,3)4)34(21-23-14-16-24(40-5)17-15-23)30(36)22-35(43(38,39)26-12-10-9-11-13-26)28-20-25(41-6)18-19-29(28)42-7/h9-20,27H,8,21-22H2,1-7H3,(H,33,37).